The highest BCUT2D eigenvalue weighted by molar-refractivity contribution is 7.92. The van der Waals surface area contributed by atoms with Crippen LogP contribution in [0, 0.1) is 12.7 Å². The number of aryl methyl sites for hydroxylation is 1. The number of hydrogen-bond acceptors (Lipinski definition) is 5. The van der Waals surface area contributed by atoms with E-state index in [2.05, 4.69) is 14.7 Å². The molecule has 5 N–H and O–H groups in total. The normalized spacial score (nSPS) is 11.5. The van der Waals surface area contributed by atoms with E-state index in [1.165, 1.54) is 49.4 Å². The highest BCUT2D eigenvalue weighted by atomic mass is 35.5. The Bertz CT molecular complexity index is 1710. The van der Waals surface area contributed by atoms with Crippen LogP contribution in [0.1, 0.15) is 15.9 Å². The van der Waals surface area contributed by atoms with Crippen molar-refractivity contribution in [2.45, 2.75) is 11.8 Å². The van der Waals surface area contributed by atoms with Crippen LogP contribution in [0.3, 0.4) is 0 Å². The zero-order valence-corrected chi connectivity index (χ0v) is 19.0. The van der Waals surface area contributed by atoms with Crippen molar-refractivity contribution in [3.05, 3.63) is 91.2 Å². The predicted molar refractivity (Wildman–Crippen MR) is 126 cm³/mol. The van der Waals surface area contributed by atoms with Gasteiger partial charge in [0, 0.05) is 11.1 Å². The van der Waals surface area contributed by atoms with Gasteiger partial charge in [-0.2, -0.15) is 0 Å². The molecular formula is C22H16ClFN4O5S. The first-order chi connectivity index (χ1) is 15.9. The van der Waals surface area contributed by atoms with Crippen molar-refractivity contribution < 1.29 is 17.6 Å². The quantitative estimate of drug-likeness (QED) is 0.309. The van der Waals surface area contributed by atoms with E-state index in [-0.39, 0.29) is 37.8 Å². The Morgan fingerprint density at radius 2 is 1.65 bits per heavy atom. The third kappa shape index (κ3) is 4.43. The highest BCUT2D eigenvalue weighted by Crippen LogP contribution is 2.32. The topological polar surface area (TPSA) is 155 Å². The molecule has 0 bridgehead atoms. The Morgan fingerprint density at radius 1 is 1.00 bits per heavy atom. The fourth-order valence-electron chi connectivity index (χ4n) is 3.45. The molecule has 0 saturated heterocycles. The van der Waals surface area contributed by atoms with Gasteiger partial charge in [-0.05, 0) is 60.5 Å². The lowest BCUT2D eigenvalue weighted by atomic mass is 10.0. The molecule has 4 rings (SSSR count). The first-order valence-corrected chi connectivity index (χ1v) is 11.5. The average Bonchev–Trinajstić information content (AvgIpc) is 2.73. The lowest BCUT2D eigenvalue weighted by molar-refractivity contribution is 0.1000. The largest absolute Gasteiger partial charge is 0.366 e. The van der Waals surface area contributed by atoms with Crippen LogP contribution in [-0.4, -0.2) is 24.3 Å². The number of anilines is 1. The van der Waals surface area contributed by atoms with Crippen molar-refractivity contribution in [2.24, 2.45) is 5.73 Å². The van der Waals surface area contributed by atoms with E-state index >= 15 is 0 Å². The molecule has 34 heavy (non-hydrogen) atoms. The number of carbonyl (C=O) groups excluding carboxylic acids is 1. The zero-order valence-electron chi connectivity index (χ0n) is 17.4. The summed E-state index contributed by atoms with van der Waals surface area (Å²) in [6, 6.07) is 10.4. The molecule has 1 amide bonds. The molecule has 0 aliphatic rings. The number of rotatable bonds is 5. The Kier molecular flexibility index (Phi) is 5.75. The third-order valence-corrected chi connectivity index (χ3v) is 6.86. The van der Waals surface area contributed by atoms with Crippen molar-refractivity contribution in [1.29, 1.82) is 0 Å². The number of carbonyl (C=O) groups is 1. The summed E-state index contributed by atoms with van der Waals surface area (Å²) in [6.45, 7) is 1.54. The van der Waals surface area contributed by atoms with Gasteiger partial charge < -0.3 is 15.7 Å². The second-order valence-electron chi connectivity index (χ2n) is 7.46. The van der Waals surface area contributed by atoms with Crippen LogP contribution >= 0.6 is 11.6 Å². The Morgan fingerprint density at radius 3 is 2.26 bits per heavy atom. The molecule has 0 radical (unpaired) electrons. The van der Waals surface area contributed by atoms with Crippen LogP contribution in [-0.2, 0) is 10.0 Å². The zero-order chi connectivity index (χ0) is 24.8. The smallest absolute Gasteiger partial charge is 0.314 e. The average molecular weight is 503 g/mol. The number of primary amides is 1. The summed E-state index contributed by atoms with van der Waals surface area (Å²) >= 11 is 6.32. The number of sulfonamides is 1. The summed E-state index contributed by atoms with van der Waals surface area (Å²) in [6.07, 6.45) is 0. The number of halogens is 2. The Hall–Kier alpha value is -3.96. The van der Waals surface area contributed by atoms with Crippen LogP contribution in [0.5, 0.6) is 0 Å². The molecule has 0 aliphatic carbocycles. The molecule has 0 saturated carbocycles. The Labute approximate surface area is 196 Å². The molecule has 1 aromatic heterocycles. The number of amides is 1. The van der Waals surface area contributed by atoms with Crippen LogP contribution in [0.25, 0.3) is 22.2 Å². The van der Waals surface area contributed by atoms with E-state index in [9.17, 15) is 27.2 Å². The summed E-state index contributed by atoms with van der Waals surface area (Å²) in [5.41, 5.74) is 4.93. The van der Waals surface area contributed by atoms with E-state index < -0.39 is 32.9 Å². The van der Waals surface area contributed by atoms with Gasteiger partial charge in [0.25, 0.3) is 10.0 Å². The summed E-state index contributed by atoms with van der Waals surface area (Å²) in [7, 11) is -4.12. The minimum atomic E-state index is -4.12. The minimum Gasteiger partial charge on any atom is -0.366 e. The molecule has 12 heteroatoms. The predicted octanol–water partition coefficient (Wildman–Crippen LogP) is 2.88. The van der Waals surface area contributed by atoms with Gasteiger partial charge in [-0.25, -0.2) is 12.8 Å². The highest BCUT2D eigenvalue weighted by Gasteiger charge is 2.20. The van der Waals surface area contributed by atoms with Gasteiger partial charge in [-0.15, -0.1) is 0 Å². The molecule has 0 spiro atoms. The fraction of sp³-hybridized carbons (Fsp3) is 0.0455. The monoisotopic (exact) mass is 502 g/mol. The van der Waals surface area contributed by atoms with Crippen molar-refractivity contribution in [1.82, 2.24) is 9.97 Å². The number of hydrogen-bond donors (Lipinski definition) is 4. The van der Waals surface area contributed by atoms with Gasteiger partial charge in [-0.3, -0.25) is 19.1 Å². The molecule has 174 valence electrons. The first kappa shape index (κ1) is 23.2. The standard InChI is InChI=1S/C22H16ClFN4O5S/c1-10-4-17-18(27-22(31)21(30)26-17)9-19(10)34(32,33)28-14-2-3-15(16(23)8-14)11-5-12(20(25)29)7-13(24)6-11/h2-9,28H,1H3,(H2,25,29)(H,26,30)(H,27,31). The molecule has 0 atom stereocenters. The lowest BCUT2D eigenvalue weighted by Crippen LogP contribution is -2.29. The van der Waals surface area contributed by atoms with Crippen molar-refractivity contribution in [3.63, 3.8) is 0 Å². The molecule has 0 aliphatic heterocycles. The van der Waals surface area contributed by atoms with Gasteiger partial charge in [0.2, 0.25) is 5.91 Å². The van der Waals surface area contributed by atoms with Crippen LogP contribution in [0.4, 0.5) is 10.1 Å². The maximum Gasteiger partial charge on any atom is 0.314 e. The Balaban J connectivity index is 1.71. The number of H-pyrrole nitrogens is 2. The fourth-order valence-corrected chi connectivity index (χ4v) is 5.05. The lowest BCUT2D eigenvalue weighted by Gasteiger charge is -2.13. The van der Waals surface area contributed by atoms with Crippen LogP contribution in [0.2, 0.25) is 5.02 Å². The number of nitrogens with one attached hydrogen (secondary N) is 3. The minimum absolute atomic E-state index is 0.0398. The van der Waals surface area contributed by atoms with Gasteiger partial charge in [0.15, 0.2) is 0 Å². The second kappa shape index (κ2) is 8.43. The number of fused-ring (bicyclic) bond motifs is 1. The molecule has 4 aromatic rings. The molecule has 3 aromatic carbocycles. The van der Waals surface area contributed by atoms with Gasteiger partial charge in [0.05, 0.1) is 26.6 Å². The number of aromatic amines is 2. The summed E-state index contributed by atoms with van der Waals surface area (Å²) in [5.74, 6) is -1.49. The molecular weight excluding hydrogens is 487 g/mol. The summed E-state index contributed by atoms with van der Waals surface area (Å²) < 4.78 is 42.4. The van der Waals surface area contributed by atoms with Gasteiger partial charge in [-0.1, -0.05) is 17.7 Å². The second-order valence-corrected chi connectivity index (χ2v) is 9.52. The molecule has 0 unspecified atom stereocenters. The maximum atomic E-state index is 13.9. The molecule has 1 heterocycles. The third-order valence-electron chi connectivity index (χ3n) is 5.02. The first-order valence-electron chi connectivity index (χ1n) is 9.65. The van der Waals surface area contributed by atoms with E-state index in [1.807, 2.05) is 0 Å². The van der Waals surface area contributed by atoms with Crippen molar-refractivity contribution in [3.8, 4) is 11.1 Å². The van der Waals surface area contributed by atoms with E-state index in [1.54, 1.807) is 0 Å². The van der Waals surface area contributed by atoms with Gasteiger partial charge in [0.1, 0.15) is 5.82 Å². The number of aromatic nitrogens is 2. The van der Waals surface area contributed by atoms with Crippen molar-refractivity contribution in [2.75, 3.05) is 4.72 Å². The number of nitrogens with two attached hydrogens (primary N) is 1. The van der Waals surface area contributed by atoms with E-state index in [0.29, 0.717) is 11.1 Å². The van der Waals surface area contributed by atoms with Crippen molar-refractivity contribution >= 4 is 44.3 Å². The molecule has 9 nitrogen and oxygen atoms in total. The van der Waals surface area contributed by atoms with E-state index in [0.717, 1.165) is 6.07 Å². The van der Waals surface area contributed by atoms with Crippen LogP contribution in [0.15, 0.2) is 63.0 Å². The maximum absolute atomic E-state index is 13.9. The van der Waals surface area contributed by atoms with Crippen LogP contribution < -0.4 is 21.6 Å². The SMILES string of the molecule is Cc1cc2[nH]c(=O)c(=O)[nH]c2cc1S(=O)(=O)Nc1ccc(-c2cc(F)cc(C(N)=O)c2)c(Cl)c1. The van der Waals surface area contributed by atoms with E-state index in [4.69, 9.17) is 17.3 Å². The summed E-state index contributed by atoms with van der Waals surface area (Å²) in [5, 5.41) is 0.0957. The summed E-state index contributed by atoms with van der Waals surface area (Å²) in [4.78, 5) is 39.1. The molecule has 0 fully saturated rings. The van der Waals surface area contributed by atoms with Gasteiger partial charge >= 0.3 is 11.1 Å². The number of benzene rings is 3.